The molecule has 0 aliphatic carbocycles. The summed E-state index contributed by atoms with van der Waals surface area (Å²) in [6.45, 7) is 0.843. The van der Waals surface area contributed by atoms with Crippen LogP contribution in [-0.4, -0.2) is 42.5 Å². The molecule has 0 spiro atoms. The van der Waals surface area contributed by atoms with Gasteiger partial charge in [-0.15, -0.1) is 11.3 Å². The summed E-state index contributed by atoms with van der Waals surface area (Å²) in [7, 11) is 0. The Bertz CT molecular complexity index is 1280. The van der Waals surface area contributed by atoms with Gasteiger partial charge in [-0.2, -0.15) is 0 Å². The number of carbonyl (C=O) groups excluding carboxylic acids is 3. The van der Waals surface area contributed by atoms with E-state index >= 15 is 0 Å². The minimum Gasteiger partial charge on any atom is -0.493 e. The fourth-order valence-electron chi connectivity index (χ4n) is 4.54. The molecule has 3 aromatic rings. The number of hydrogen-bond acceptors (Lipinski definition) is 6. The van der Waals surface area contributed by atoms with Crippen LogP contribution < -0.4 is 20.3 Å². The highest BCUT2D eigenvalue weighted by atomic mass is 32.1. The molecule has 0 saturated carbocycles. The third-order valence-electron chi connectivity index (χ3n) is 6.34. The zero-order valence-corrected chi connectivity index (χ0v) is 19.8. The van der Waals surface area contributed by atoms with Gasteiger partial charge in [0.1, 0.15) is 11.4 Å². The lowest BCUT2D eigenvalue weighted by Crippen LogP contribution is -2.46. The Morgan fingerprint density at radius 2 is 1.94 bits per heavy atom. The average Bonchev–Trinajstić information content (AvgIpc) is 3.42. The molecule has 0 fully saturated rings. The van der Waals surface area contributed by atoms with Crippen molar-refractivity contribution in [1.82, 2.24) is 5.32 Å². The van der Waals surface area contributed by atoms with E-state index in [-0.39, 0.29) is 12.5 Å². The van der Waals surface area contributed by atoms with Crippen molar-refractivity contribution in [3.63, 3.8) is 0 Å². The summed E-state index contributed by atoms with van der Waals surface area (Å²) in [5.41, 5.74) is 1.51. The highest BCUT2D eigenvalue weighted by Gasteiger charge is 2.36. The van der Waals surface area contributed by atoms with Crippen molar-refractivity contribution in [1.29, 1.82) is 0 Å². The van der Waals surface area contributed by atoms with Crippen molar-refractivity contribution >= 4 is 40.4 Å². The van der Waals surface area contributed by atoms with Crippen LogP contribution in [0.25, 0.3) is 0 Å². The van der Waals surface area contributed by atoms with E-state index in [1.54, 1.807) is 41.3 Å². The van der Waals surface area contributed by atoms with E-state index in [9.17, 15) is 19.5 Å². The molecule has 180 valence electrons. The summed E-state index contributed by atoms with van der Waals surface area (Å²) in [5.74, 6) is -1.13. The van der Waals surface area contributed by atoms with Gasteiger partial charge in [0.15, 0.2) is 0 Å². The first-order valence-corrected chi connectivity index (χ1v) is 12.3. The van der Waals surface area contributed by atoms with Crippen LogP contribution in [0, 0.1) is 0 Å². The molecule has 8 nitrogen and oxygen atoms in total. The lowest BCUT2D eigenvalue weighted by atomic mass is 9.88. The molecule has 35 heavy (non-hydrogen) atoms. The molecule has 2 aliphatic rings. The maximum Gasteiger partial charge on any atom is 0.313 e. The SMILES string of the molecule is O=C(NCC1(O)CCOc2ccccc21)C(=O)Nc1ccc2c(c1)CCCN2C(=O)c1cccs1. The number of hydrogen-bond donors (Lipinski definition) is 3. The second-order valence-corrected chi connectivity index (χ2v) is 9.59. The van der Waals surface area contributed by atoms with Gasteiger partial charge < -0.3 is 25.4 Å². The minimum atomic E-state index is -1.31. The molecule has 0 bridgehead atoms. The zero-order valence-electron chi connectivity index (χ0n) is 19.0. The summed E-state index contributed by atoms with van der Waals surface area (Å²) in [5, 5.41) is 18.1. The number of carbonyl (C=O) groups is 3. The Morgan fingerprint density at radius 3 is 2.77 bits per heavy atom. The molecule has 2 aromatic carbocycles. The number of amides is 3. The number of rotatable bonds is 4. The summed E-state index contributed by atoms with van der Waals surface area (Å²) in [4.78, 5) is 40.3. The van der Waals surface area contributed by atoms with E-state index < -0.39 is 17.4 Å². The van der Waals surface area contributed by atoms with E-state index in [1.165, 1.54) is 11.3 Å². The number of aryl methyl sites for hydroxylation is 1. The number of thiophene rings is 1. The number of anilines is 2. The van der Waals surface area contributed by atoms with Crippen LogP contribution in [0.2, 0.25) is 0 Å². The van der Waals surface area contributed by atoms with Crippen LogP contribution in [-0.2, 0) is 21.6 Å². The van der Waals surface area contributed by atoms with Gasteiger partial charge in [-0.05, 0) is 54.1 Å². The third-order valence-corrected chi connectivity index (χ3v) is 7.20. The van der Waals surface area contributed by atoms with Gasteiger partial charge in [0.25, 0.3) is 5.91 Å². The normalized spacial score (nSPS) is 18.6. The second kappa shape index (κ2) is 9.52. The Hall–Kier alpha value is -3.69. The summed E-state index contributed by atoms with van der Waals surface area (Å²) in [6.07, 6.45) is 1.89. The molecular formula is C26H25N3O5S. The first kappa shape index (κ1) is 23.1. The predicted molar refractivity (Wildman–Crippen MR) is 133 cm³/mol. The van der Waals surface area contributed by atoms with E-state index in [2.05, 4.69) is 10.6 Å². The first-order chi connectivity index (χ1) is 16.9. The maximum absolute atomic E-state index is 12.9. The number of nitrogens with one attached hydrogen (secondary N) is 2. The van der Waals surface area contributed by atoms with Crippen LogP contribution in [0.1, 0.15) is 33.6 Å². The molecule has 3 heterocycles. The average molecular weight is 492 g/mol. The Balaban J connectivity index is 1.23. The Morgan fingerprint density at radius 1 is 1.09 bits per heavy atom. The molecule has 0 radical (unpaired) electrons. The highest BCUT2D eigenvalue weighted by Crippen LogP contribution is 2.36. The molecule has 1 aromatic heterocycles. The number of benzene rings is 2. The van der Waals surface area contributed by atoms with Gasteiger partial charge in [-0.3, -0.25) is 14.4 Å². The van der Waals surface area contributed by atoms with Crippen molar-refractivity contribution in [2.45, 2.75) is 24.9 Å². The Kier molecular flexibility index (Phi) is 6.27. The number of fused-ring (bicyclic) bond motifs is 2. The van der Waals surface area contributed by atoms with Crippen LogP contribution >= 0.6 is 11.3 Å². The maximum atomic E-state index is 12.9. The van der Waals surface area contributed by atoms with E-state index in [0.29, 0.717) is 41.4 Å². The van der Waals surface area contributed by atoms with Crippen molar-refractivity contribution in [3.05, 3.63) is 76.0 Å². The molecule has 0 saturated heterocycles. The molecule has 1 unspecified atom stereocenters. The minimum absolute atomic E-state index is 0.0373. The zero-order chi connectivity index (χ0) is 24.4. The number of nitrogens with zero attached hydrogens (tertiary/aromatic N) is 1. The summed E-state index contributed by atoms with van der Waals surface area (Å²) < 4.78 is 5.56. The van der Waals surface area contributed by atoms with Crippen molar-refractivity contribution in [2.24, 2.45) is 0 Å². The van der Waals surface area contributed by atoms with Gasteiger partial charge >= 0.3 is 11.8 Å². The van der Waals surface area contributed by atoms with Crippen LogP contribution in [0.3, 0.4) is 0 Å². The third kappa shape index (κ3) is 4.65. The second-order valence-electron chi connectivity index (χ2n) is 8.64. The van der Waals surface area contributed by atoms with E-state index in [0.717, 1.165) is 24.1 Å². The quantitative estimate of drug-likeness (QED) is 0.486. The highest BCUT2D eigenvalue weighted by molar-refractivity contribution is 7.12. The van der Waals surface area contributed by atoms with Gasteiger partial charge in [0, 0.05) is 29.9 Å². The van der Waals surface area contributed by atoms with Gasteiger partial charge in [0.2, 0.25) is 0 Å². The molecule has 3 amide bonds. The van der Waals surface area contributed by atoms with Crippen molar-refractivity contribution in [3.8, 4) is 5.75 Å². The van der Waals surface area contributed by atoms with Gasteiger partial charge in [-0.25, -0.2) is 0 Å². The van der Waals surface area contributed by atoms with Crippen LogP contribution in [0.15, 0.2) is 60.0 Å². The predicted octanol–water partition coefficient (Wildman–Crippen LogP) is 3.07. The summed E-state index contributed by atoms with van der Waals surface area (Å²) >= 11 is 1.41. The number of para-hydroxylation sites is 1. The topological polar surface area (TPSA) is 108 Å². The molecular weight excluding hydrogens is 466 g/mol. The van der Waals surface area contributed by atoms with Crippen molar-refractivity contribution in [2.75, 3.05) is 29.9 Å². The smallest absolute Gasteiger partial charge is 0.313 e. The number of aliphatic hydroxyl groups is 1. The first-order valence-electron chi connectivity index (χ1n) is 11.5. The summed E-state index contributed by atoms with van der Waals surface area (Å²) in [6, 6.07) is 16.1. The molecule has 1 atom stereocenters. The van der Waals surface area contributed by atoms with E-state index in [1.807, 2.05) is 23.6 Å². The lowest BCUT2D eigenvalue weighted by Gasteiger charge is -2.34. The van der Waals surface area contributed by atoms with E-state index in [4.69, 9.17) is 4.74 Å². The standard InChI is InChI=1S/C26H25N3O5S/c30-23(27-16-26(33)11-13-34-21-7-2-1-6-19(21)26)24(31)28-18-9-10-20-17(15-18)5-3-12-29(20)25(32)22-8-4-14-35-22/h1-2,4,6-10,14-15,33H,3,5,11-13,16H2,(H,27,30)(H,28,31). The molecule has 5 rings (SSSR count). The molecule has 9 heteroatoms. The fourth-order valence-corrected chi connectivity index (χ4v) is 5.21. The van der Waals surface area contributed by atoms with Gasteiger partial charge in [0.05, 0.1) is 18.0 Å². The molecule has 2 aliphatic heterocycles. The van der Waals surface area contributed by atoms with Crippen LogP contribution in [0.5, 0.6) is 5.75 Å². The largest absolute Gasteiger partial charge is 0.493 e. The monoisotopic (exact) mass is 491 g/mol. The van der Waals surface area contributed by atoms with Crippen molar-refractivity contribution < 1.29 is 24.2 Å². The Labute approximate surface area is 206 Å². The number of ether oxygens (including phenoxy) is 1. The lowest BCUT2D eigenvalue weighted by molar-refractivity contribution is -0.137. The van der Waals surface area contributed by atoms with Gasteiger partial charge in [-0.1, -0.05) is 24.3 Å². The molecule has 3 N–H and O–H groups in total. The fraction of sp³-hybridized carbons (Fsp3) is 0.269. The van der Waals surface area contributed by atoms with Crippen LogP contribution in [0.4, 0.5) is 11.4 Å².